The molecule has 2 heteroatoms. The summed E-state index contributed by atoms with van der Waals surface area (Å²) in [6.07, 6.45) is 2.75. The van der Waals surface area contributed by atoms with E-state index in [1.54, 1.807) is 0 Å². The number of likely N-dealkylation sites (tertiary alicyclic amines) is 1. The van der Waals surface area contributed by atoms with Crippen molar-refractivity contribution < 1.29 is 0 Å². The maximum Gasteiger partial charge on any atom is 0.0237 e. The topological polar surface area (TPSA) is 29.3 Å². The average Bonchev–Trinajstić information content (AvgIpc) is 2.42. The number of rotatable bonds is 0. The average molecular weight is 126 g/mol. The van der Waals surface area contributed by atoms with Gasteiger partial charge in [0.2, 0.25) is 0 Å². The summed E-state index contributed by atoms with van der Waals surface area (Å²) in [7, 11) is 2.16. The lowest BCUT2D eigenvalue weighted by atomic mass is 10.0. The molecule has 1 aliphatic heterocycles. The number of hydrogen-bond acceptors (Lipinski definition) is 2. The van der Waals surface area contributed by atoms with E-state index in [1.807, 2.05) is 0 Å². The molecule has 1 saturated carbocycles. The van der Waals surface area contributed by atoms with E-state index in [9.17, 15) is 0 Å². The van der Waals surface area contributed by atoms with Gasteiger partial charge in [-0.05, 0) is 25.3 Å². The lowest BCUT2D eigenvalue weighted by Crippen LogP contribution is -2.30. The first-order chi connectivity index (χ1) is 4.23. The number of hydrogen-bond donors (Lipinski definition) is 1. The molecule has 0 aromatic rings. The molecule has 0 amide bonds. The van der Waals surface area contributed by atoms with E-state index in [4.69, 9.17) is 5.73 Å². The van der Waals surface area contributed by atoms with Crippen molar-refractivity contribution in [3.63, 3.8) is 0 Å². The monoisotopic (exact) mass is 126 g/mol. The summed E-state index contributed by atoms with van der Waals surface area (Å²) in [5.41, 5.74) is 6.50. The van der Waals surface area contributed by atoms with Crippen molar-refractivity contribution in [1.29, 1.82) is 0 Å². The highest BCUT2D eigenvalue weighted by atomic mass is 15.2. The minimum Gasteiger partial charge on any atom is -0.326 e. The number of nitrogens with zero attached hydrogens (tertiary/aromatic N) is 1. The molecular weight excluding hydrogens is 112 g/mol. The first-order valence-electron chi connectivity index (χ1n) is 3.67. The van der Waals surface area contributed by atoms with Crippen LogP contribution in [0.25, 0.3) is 0 Å². The molecule has 0 aromatic heterocycles. The normalized spacial score (nSPS) is 40.0. The molecule has 0 unspecified atom stereocenters. The minimum atomic E-state index is 0.475. The Bertz CT molecular complexity index is 129. The van der Waals surface area contributed by atoms with Gasteiger partial charge in [-0.3, -0.25) is 0 Å². The SMILES string of the molecule is CN1C[C@H](N)C2(CC2)C1. The van der Waals surface area contributed by atoms with Gasteiger partial charge in [0.1, 0.15) is 0 Å². The van der Waals surface area contributed by atoms with Crippen LogP contribution in [0.5, 0.6) is 0 Å². The highest BCUT2D eigenvalue weighted by Gasteiger charge is 2.52. The largest absolute Gasteiger partial charge is 0.326 e. The van der Waals surface area contributed by atoms with Crippen molar-refractivity contribution in [2.45, 2.75) is 18.9 Å². The quantitative estimate of drug-likeness (QED) is 0.496. The predicted molar refractivity (Wildman–Crippen MR) is 37.1 cm³/mol. The Balaban J connectivity index is 2.10. The smallest absolute Gasteiger partial charge is 0.0237 e. The molecule has 1 aliphatic carbocycles. The number of nitrogens with two attached hydrogens (primary N) is 1. The van der Waals surface area contributed by atoms with Crippen LogP contribution in [0.2, 0.25) is 0 Å². The van der Waals surface area contributed by atoms with Crippen LogP contribution >= 0.6 is 0 Å². The lowest BCUT2D eigenvalue weighted by molar-refractivity contribution is 0.389. The third kappa shape index (κ3) is 0.700. The molecule has 1 saturated heterocycles. The van der Waals surface area contributed by atoms with Gasteiger partial charge in [0.15, 0.2) is 0 Å². The van der Waals surface area contributed by atoms with Crippen molar-refractivity contribution in [3.05, 3.63) is 0 Å². The molecule has 2 nitrogen and oxygen atoms in total. The lowest BCUT2D eigenvalue weighted by Gasteiger charge is -2.08. The van der Waals surface area contributed by atoms with Gasteiger partial charge in [0.25, 0.3) is 0 Å². The molecular formula is C7H14N2. The Morgan fingerprint density at radius 3 is 2.44 bits per heavy atom. The van der Waals surface area contributed by atoms with Crippen molar-refractivity contribution in [3.8, 4) is 0 Å². The van der Waals surface area contributed by atoms with E-state index in [2.05, 4.69) is 11.9 Å². The zero-order valence-electron chi connectivity index (χ0n) is 5.93. The van der Waals surface area contributed by atoms with Crippen LogP contribution < -0.4 is 5.73 Å². The second kappa shape index (κ2) is 1.50. The zero-order valence-corrected chi connectivity index (χ0v) is 5.93. The van der Waals surface area contributed by atoms with E-state index >= 15 is 0 Å². The van der Waals surface area contributed by atoms with Crippen molar-refractivity contribution in [2.24, 2.45) is 11.1 Å². The fourth-order valence-corrected chi connectivity index (χ4v) is 1.94. The van der Waals surface area contributed by atoms with E-state index < -0.39 is 0 Å². The maximum absolute atomic E-state index is 5.92. The third-order valence-corrected chi connectivity index (χ3v) is 2.77. The van der Waals surface area contributed by atoms with Crippen LogP contribution in [0.3, 0.4) is 0 Å². The van der Waals surface area contributed by atoms with Crippen LogP contribution in [0.15, 0.2) is 0 Å². The van der Waals surface area contributed by atoms with Crippen LogP contribution in [0.4, 0.5) is 0 Å². The Morgan fingerprint density at radius 1 is 1.56 bits per heavy atom. The van der Waals surface area contributed by atoms with Crippen LogP contribution in [0.1, 0.15) is 12.8 Å². The first kappa shape index (κ1) is 5.69. The number of likely N-dealkylation sites (N-methyl/N-ethyl adjacent to an activating group) is 1. The van der Waals surface area contributed by atoms with Crippen molar-refractivity contribution in [2.75, 3.05) is 20.1 Å². The summed E-state index contributed by atoms with van der Waals surface area (Å²) in [6, 6.07) is 0.475. The van der Waals surface area contributed by atoms with Crippen LogP contribution in [0, 0.1) is 5.41 Å². The third-order valence-electron chi connectivity index (χ3n) is 2.77. The maximum atomic E-state index is 5.92. The Labute approximate surface area is 56.0 Å². The van der Waals surface area contributed by atoms with Crippen molar-refractivity contribution >= 4 is 0 Å². The summed E-state index contributed by atoms with van der Waals surface area (Å²) in [5.74, 6) is 0. The van der Waals surface area contributed by atoms with Gasteiger partial charge in [-0.15, -0.1) is 0 Å². The van der Waals surface area contributed by atoms with Gasteiger partial charge >= 0.3 is 0 Å². The van der Waals surface area contributed by atoms with Gasteiger partial charge in [0.05, 0.1) is 0 Å². The molecule has 9 heavy (non-hydrogen) atoms. The molecule has 52 valence electrons. The second-order valence-corrected chi connectivity index (χ2v) is 3.67. The van der Waals surface area contributed by atoms with Gasteiger partial charge in [-0.2, -0.15) is 0 Å². The molecule has 2 fully saturated rings. The van der Waals surface area contributed by atoms with E-state index in [0.717, 1.165) is 6.54 Å². The Hall–Kier alpha value is -0.0800. The van der Waals surface area contributed by atoms with E-state index in [0.29, 0.717) is 11.5 Å². The van der Waals surface area contributed by atoms with Gasteiger partial charge in [-0.25, -0.2) is 0 Å². The van der Waals surface area contributed by atoms with Crippen molar-refractivity contribution in [1.82, 2.24) is 4.90 Å². The molecule has 0 radical (unpaired) electrons. The summed E-state index contributed by atoms with van der Waals surface area (Å²) in [4.78, 5) is 2.34. The minimum absolute atomic E-state index is 0.475. The Morgan fingerprint density at radius 2 is 2.22 bits per heavy atom. The van der Waals surface area contributed by atoms with Gasteiger partial charge in [0, 0.05) is 19.1 Å². The molecule has 0 aromatic carbocycles. The van der Waals surface area contributed by atoms with E-state index in [-0.39, 0.29) is 0 Å². The first-order valence-corrected chi connectivity index (χ1v) is 3.67. The van der Waals surface area contributed by atoms with E-state index in [1.165, 1.54) is 19.4 Å². The molecule has 1 spiro atoms. The summed E-state index contributed by atoms with van der Waals surface area (Å²) in [6.45, 7) is 2.36. The van der Waals surface area contributed by atoms with Crippen LogP contribution in [-0.2, 0) is 0 Å². The standard InChI is InChI=1S/C7H14N2/c1-9-4-6(8)7(5-9)2-3-7/h6H,2-5,8H2,1H3/t6-/m0/s1. The zero-order chi connectivity index (χ0) is 6.48. The highest BCUT2D eigenvalue weighted by molar-refractivity contribution is 5.07. The second-order valence-electron chi connectivity index (χ2n) is 3.67. The molecule has 2 rings (SSSR count). The predicted octanol–water partition coefficient (Wildman–Crippen LogP) is 0.0393. The van der Waals surface area contributed by atoms with Crippen LogP contribution in [-0.4, -0.2) is 31.1 Å². The summed E-state index contributed by atoms with van der Waals surface area (Å²) in [5, 5.41) is 0. The molecule has 1 heterocycles. The Kier molecular flexibility index (Phi) is 0.945. The highest BCUT2D eigenvalue weighted by Crippen LogP contribution is 2.51. The molecule has 0 bridgehead atoms. The van der Waals surface area contributed by atoms with Gasteiger partial charge < -0.3 is 10.6 Å². The molecule has 2 N–H and O–H groups in total. The molecule has 1 atom stereocenters. The summed E-state index contributed by atoms with van der Waals surface area (Å²) < 4.78 is 0. The van der Waals surface area contributed by atoms with Gasteiger partial charge in [-0.1, -0.05) is 0 Å². The molecule has 2 aliphatic rings. The summed E-state index contributed by atoms with van der Waals surface area (Å²) >= 11 is 0. The fraction of sp³-hybridized carbons (Fsp3) is 1.00. The fourth-order valence-electron chi connectivity index (χ4n) is 1.94.